The number of aromatic nitrogens is 2. The van der Waals surface area contributed by atoms with E-state index in [0.717, 1.165) is 23.3 Å². The number of benzene rings is 2. The second-order valence-corrected chi connectivity index (χ2v) is 6.61. The van der Waals surface area contributed by atoms with E-state index in [1.165, 1.54) is 10.9 Å². The van der Waals surface area contributed by atoms with Gasteiger partial charge in [-0.15, -0.1) is 0 Å². The molecule has 3 N–H and O–H groups in total. The number of para-hydroxylation sites is 1. The van der Waals surface area contributed by atoms with Crippen LogP contribution >= 0.6 is 0 Å². The normalized spacial score (nSPS) is 10.4. The highest BCUT2D eigenvalue weighted by atomic mass is 16.1. The van der Waals surface area contributed by atoms with Crippen molar-refractivity contribution in [3.63, 3.8) is 0 Å². The van der Waals surface area contributed by atoms with Crippen LogP contribution in [0.4, 0.5) is 11.4 Å². The second kappa shape index (κ2) is 8.28. The maximum atomic E-state index is 12.3. The van der Waals surface area contributed by atoms with Gasteiger partial charge in [0.15, 0.2) is 0 Å². The number of carbonyl (C=O) groups excluding carboxylic acids is 1. The molecule has 0 bridgehead atoms. The summed E-state index contributed by atoms with van der Waals surface area (Å²) in [4.78, 5) is 19.8. The van der Waals surface area contributed by atoms with Gasteiger partial charge in [-0.3, -0.25) is 4.79 Å². The lowest BCUT2D eigenvalue weighted by molar-refractivity contribution is 0.0949. The molecule has 6 nitrogen and oxygen atoms in total. The van der Waals surface area contributed by atoms with Gasteiger partial charge in [-0.05, 0) is 54.4 Å². The molecule has 0 aliphatic rings. The average Bonchev–Trinajstić information content (AvgIpc) is 3.18. The van der Waals surface area contributed by atoms with Crippen molar-refractivity contribution in [3.05, 3.63) is 89.9 Å². The quantitative estimate of drug-likeness (QED) is 0.468. The van der Waals surface area contributed by atoms with Gasteiger partial charge in [0.05, 0.1) is 23.5 Å². The molecular weight excluding hydrogens is 362 g/mol. The van der Waals surface area contributed by atoms with Crippen LogP contribution in [0, 0.1) is 11.3 Å². The number of nitrogens with one attached hydrogen (secondary N) is 3. The summed E-state index contributed by atoms with van der Waals surface area (Å²) in [5.41, 5.74) is 4.87. The van der Waals surface area contributed by atoms with E-state index in [4.69, 9.17) is 5.26 Å². The minimum Gasteiger partial charge on any atom is -0.361 e. The van der Waals surface area contributed by atoms with Crippen LogP contribution < -0.4 is 10.6 Å². The molecule has 142 valence electrons. The van der Waals surface area contributed by atoms with Gasteiger partial charge in [0.2, 0.25) is 0 Å². The van der Waals surface area contributed by atoms with E-state index in [1.807, 2.05) is 36.5 Å². The van der Waals surface area contributed by atoms with E-state index >= 15 is 0 Å². The minimum atomic E-state index is -0.199. The number of aromatic amines is 1. The molecular formula is C23H19N5O. The molecule has 0 aliphatic heterocycles. The maximum Gasteiger partial charge on any atom is 0.269 e. The number of rotatable bonds is 6. The lowest BCUT2D eigenvalue weighted by atomic mass is 10.1. The molecule has 0 fully saturated rings. The molecule has 0 radical (unpaired) electrons. The Morgan fingerprint density at radius 1 is 1.03 bits per heavy atom. The molecule has 0 aliphatic carbocycles. The molecule has 1 amide bonds. The fourth-order valence-corrected chi connectivity index (χ4v) is 3.14. The van der Waals surface area contributed by atoms with Crippen molar-refractivity contribution >= 4 is 28.2 Å². The van der Waals surface area contributed by atoms with Crippen LogP contribution in [0.5, 0.6) is 0 Å². The molecule has 4 rings (SSSR count). The number of nitrogens with zero attached hydrogens (tertiary/aromatic N) is 2. The average molecular weight is 381 g/mol. The summed E-state index contributed by atoms with van der Waals surface area (Å²) < 4.78 is 0. The standard InChI is InChI=1S/C23H19N5O/c24-13-16-5-7-18(8-6-16)28-19-9-10-22(27-15-19)23(29)25-12-11-17-14-26-21-4-2-1-3-20(17)21/h1-10,14-15,26,28H,11-12H2,(H,25,29). The number of anilines is 2. The Balaban J connectivity index is 1.32. The first-order chi connectivity index (χ1) is 14.2. The summed E-state index contributed by atoms with van der Waals surface area (Å²) in [5, 5.41) is 16.1. The molecule has 0 unspecified atom stereocenters. The Labute approximate surface area is 168 Å². The molecule has 0 atom stereocenters. The topological polar surface area (TPSA) is 93.6 Å². The molecule has 0 saturated carbocycles. The van der Waals surface area contributed by atoms with Crippen LogP contribution in [0.1, 0.15) is 21.6 Å². The fourth-order valence-electron chi connectivity index (χ4n) is 3.14. The molecule has 0 spiro atoms. The van der Waals surface area contributed by atoms with Gasteiger partial charge < -0.3 is 15.6 Å². The number of pyridine rings is 1. The smallest absolute Gasteiger partial charge is 0.269 e. The molecule has 6 heteroatoms. The molecule has 29 heavy (non-hydrogen) atoms. The second-order valence-electron chi connectivity index (χ2n) is 6.61. The Morgan fingerprint density at radius 3 is 2.59 bits per heavy atom. The first-order valence-electron chi connectivity index (χ1n) is 9.29. The maximum absolute atomic E-state index is 12.3. The Kier molecular flexibility index (Phi) is 5.21. The zero-order chi connectivity index (χ0) is 20.1. The van der Waals surface area contributed by atoms with E-state index in [2.05, 4.69) is 32.7 Å². The predicted octanol–water partition coefficient (Wildman–Crippen LogP) is 4.15. The van der Waals surface area contributed by atoms with Crippen molar-refractivity contribution < 1.29 is 4.79 Å². The summed E-state index contributed by atoms with van der Waals surface area (Å²) in [6, 6.07) is 20.8. The number of amides is 1. The monoisotopic (exact) mass is 381 g/mol. The van der Waals surface area contributed by atoms with E-state index in [0.29, 0.717) is 17.8 Å². The van der Waals surface area contributed by atoms with Crippen molar-refractivity contribution in [1.82, 2.24) is 15.3 Å². The van der Waals surface area contributed by atoms with Crippen LogP contribution in [-0.2, 0) is 6.42 Å². The highest BCUT2D eigenvalue weighted by Crippen LogP contribution is 2.18. The Morgan fingerprint density at radius 2 is 1.83 bits per heavy atom. The van der Waals surface area contributed by atoms with Crippen molar-refractivity contribution in [2.45, 2.75) is 6.42 Å². The SMILES string of the molecule is N#Cc1ccc(Nc2ccc(C(=O)NCCc3c[nH]c4ccccc34)nc2)cc1. The summed E-state index contributed by atoms with van der Waals surface area (Å²) in [6.45, 7) is 0.535. The number of hydrogen-bond acceptors (Lipinski definition) is 4. The van der Waals surface area contributed by atoms with Crippen molar-refractivity contribution in [2.75, 3.05) is 11.9 Å². The van der Waals surface area contributed by atoms with Crippen molar-refractivity contribution in [2.24, 2.45) is 0 Å². The first-order valence-corrected chi connectivity index (χ1v) is 9.29. The Hall–Kier alpha value is -4.11. The lowest BCUT2D eigenvalue weighted by Gasteiger charge is -2.08. The largest absolute Gasteiger partial charge is 0.361 e. The van der Waals surface area contributed by atoms with Crippen LogP contribution in [0.25, 0.3) is 10.9 Å². The molecule has 0 saturated heterocycles. The zero-order valence-electron chi connectivity index (χ0n) is 15.6. The summed E-state index contributed by atoms with van der Waals surface area (Å²) >= 11 is 0. The number of carbonyl (C=O) groups is 1. The summed E-state index contributed by atoms with van der Waals surface area (Å²) in [7, 11) is 0. The van der Waals surface area contributed by atoms with Gasteiger partial charge >= 0.3 is 0 Å². The van der Waals surface area contributed by atoms with Crippen LogP contribution in [0.2, 0.25) is 0 Å². The van der Waals surface area contributed by atoms with Gasteiger partial charge in [0.25, 0.3) is 5.91 Å². The Bertz CT molecular complexity index is 1170. The van der Waals surface area contributed by atoms with Gasteiger partial charge in [-0.1, -0.05) is 18.2 Å². The van der Waals surface area contributed by atoms with Gasteiger partial charge in [0.1, 0.15) is 5.69 Å². The van der Waals surface area contributed by atoms with E-state index in [9.17, 15) is 4.79 Å². The van der Waals surface area contributed by atoms with Crippen LogP contribution in [-0.4, -0.2) is 22.4 Å². The molecule has 4 aromatic rings. The number of nitriles is 1. The predicted molar refractivity (Wildman–Crippen MR) is 113 cm³/mol. The number of H-pyrrole nitrogens is 1. The van der Waals surface area contributed by atoms with E-state index < -0.39 is 0 Å². The third-order valence-corrected chi connectivity index (χ3v) is 4.65. The highest BCUT2D eigenvalue weighted by Gasteiger charge is 2.08. The van der Waals surface area contributed by atoms with E-state index in [1.54, 1.807) is 30.5 Å². The number of fused-ring (bicyclic) bond motifs is 1. The highest BCUT2D eigenvalue weighted by molar-refractivity contribution is 5.92. The molecule has 2 heterocycles. The van der Waals surface area contributed by atoms with Gasteiger partial charge in [0, 0.05) is 29.3 Å². The third kappa shape index (κ3) is 4.25. The molecule has 2 aromatic carbocycles. The van der Waals surface area contributed by atoms with Crippen molar-refractivity contribution in [1.29, 1.82) is 5.26 Å². The molecule has 2 aromatic heterocycles. The minimum absolute atomic E-state index is 0.199. The van der Waals surface area contributed by atoms with Crippen molar-refractivity contribution in [3.8, 4) is 6.07 Å². The fraction of sp³-hybridized carbons (Fsp3) is 0.0870. The van der Waals surface area contributed by atoms with Crippen LogP contribution in [0.15, 0.2) is 73.1 Å². The van der Waals surface area contributed by atoms with E-state index in [-0.39, 0.29) is 5.91 Å². The number of hydrogen-bond donors (Lipinski definition) is 3. The van der Waals surface area contributed by atoms with Gasteiger partial charge in [-0.2, -0.15) is 5.26 Å². The zero-order valence-corrected chi connectivity index (χ0v) is 15.6. The third-order valence-electron chi connectivity index (χ3n) is 4.65. The summed E-state index contributed by atoms with van der Waals surface area (Å²) in [5.74, 6) is -0.199. The lowest BCUT2D eigenvalue weighted by Crippen LogP contribution is -2.26. The van der Waals surface area contributed by atoms with Gasteiger partial charge in [-0.25, -0.2) is 4.98 Å². The van der Waals surface area contributed by atoms with Crippen LogP contribution in [0.3, 0.4) is 0 Å². The first kappa shape index (κ1) is 18.3. The summed E-state index contributed by atoms with van der Waals surface area (Å²) in [6.07, 6.45) is 4.35.